The van der Waals surface area contributed by atoms with E-state index in [1.54, 1.807) is 24.3 Å². The van der Waals surface area contributed by atoms with Crippen LogP contribution in [0.4, 0.5) is 5.69 Å². The molecule has 1 fully saturated rings. The van der Waals surface area contributed by atoms with Crippen molar-refractivity contribution in [2.75, 3.05) is 16.8 Å². The zero-order valence-electron chi connectivity index (χ0n) is 8.89. The SMILES string of the molecule is O=S1(=O)CCCC(Nc2ccc(O)cc2)C1. The Morgan fingerprint density at radius 2 is 1.94 bits per heavy atom. The molecule has 0 saturated carbocycles. The van der Waals surface area contributed by atoms with Crippen molar-refractivity contribution in [2.45, 2.75) is 18.9 Å². The topological polar surface area (TPSA) is 66.4 Å². The Labute approximate surface area is 95.2 Å². The average Bonchev–Trinajstić information content (AvgIpc) is 2.20. The van der Waals surface area contributed by atoms with Crippen LogP contribution < -0.4 is 5.32 Å². The molecular formula is C11H15NO3S. The molecule has 0 bridgehead atoms. The van der Waals surface area contributed by atoms with Gasteiger partial charge in [0.1, 0.15) is 5.75 Å². The molecule has 1 aromatic rings. The average molecular weight is 241 g/mol. The highest BCUT2D eigenvalue weighted by Crippen LogP contribution is 2.19. The summed E-state index contributed by atoms with van der Waals surface area (Å²) in [6.45, 7) is 0. The van der Waals surface area contributed by atoms with Crippen molar-refractivity contribution in [3.63, 3.8) is 0 Å². The van der Waals surface area contributed by atoms with Crippen LogP contribution in [0.15, 0.2) is 24.3 Å². The summed E-state index contributed by atoms with van der Waals surface area (Å²) in [5, 5.41) is 12.3. The second-order valence-corrected chi connectivity index (χ2v) is 6.37. The molecule has 1 unspecified atom stereocenters. The number of phenolic OH excluding ortho intramolecular Hbond substituents is 1. The minimum absolute atomic E-state index is 0.0108. The fourth-order valence-electron chi connectivity index (χ4n) is 1.93. The van der Waals surface area contributed by atoms with Gasteiger partial charge in [-0.2, -0.15) is 0 Å². The first kappa shape index (κ1) is 11.3. The van der Waals surface area contributed by atoms with E-state index in [9.17, 15) is 8.42 Å². The van der Waals surface area contributed by atoms with Gasteiger partial charge in [-0.3, -0.25) is 0 Å². The maximum atomic E-state index is 11.4. The van der Waals surface area contributed by atoms with Gasteiger partial charge in [-0.25, -0.2) is 8.42 Å². The molecule has 0 spiro atoms. The van der Waals surface area contributed by atoms with E-state index in [4.69, 9.17) is 5.11 Å². The molecule has 0 radical (unpaired) electrons. The van der Waals surface area contributed by atoms with Crippen LogP contribution in [-0.2, 0) is 9.84 Å². The Morgan fingerprint density at radius 3 is 2.56 bits per heavy atom. The number of rotatable bonds is 2. The molecule has 0 aliphatic carbocycles. The van der Waals surface area contributed by atoms with Crippen LogP contribution in [0.25, 0.3) is 0 Å². The summed E-state index contributed by atoms with van der Waals surface area (Å²) in [5.41, 5.74) is 0.847. The summed E-state index contributed by atoms with van der Waals surface area (Å²) in [4.78, 5) is 0. The Morgan fingerprint density at radius 1 is 1.25 bits per heavy atom. The highest BCUT2D eigenvalue weighted by atomic mass is 32.2. The van der Waals surface area contributed by atoms with E-state index < -0.39 is 9.84 Å². The number of sulfone groups is 1. The number of benzene rings is 1. The number of anilines is 1. The molecule has 1 atom stereocenters. The first-order valence-corrected chi connectivity index (χ1v) is 7.13. The van der Waals surface area contributed by atoms with Gasteiger partial charge in [-0.15, -0.1) is 0 Å². The molecule has 1 aromatic carbocycles. The molecule has 2 N–H and O–H groups in total. The Hall–Kier alpha value is -1.23. The molecule has 4 nitrogen and oxygen atoms in total. The van der Waals surface area contributed by atoms with Crippen LogP contribution >= 0.6 is 0 Å². The van der Waals surface area contributed by atoms with Gasteiger partial charge < -0.3 is 10.4 Å². The van der Waals surface area contributed by atoms with Gasteiger partial charge in [0.05, 0.1) is 11.5 Å². The summed E-state index contributed by atoms with van der Waals surface area (Å²) < 4.78 is 22.9. The number of aromatic hydroxyl groups is 1. The number of nitrogens with one attached hydrogen (secondary N) is 1. The van der Waals surface area contributed by atoms with E-state index in [1.807, 2.05) is 0 Å². The van der Waals surface area contributed by atoms with Crippen LogP contribution in [0.2, 0.25) is 0 Å². The summed E-state index contributed by atoms with van der Waals surface area (Å²) in [6, 6.07) is 6.65. The molecule has 88 valence electrons. The normalized spacial score (nSPS) is 23.9. The lowest BCUT2D eigenvalue weighted by Crippen LogP contribution is -2.34. The van der Waals surface area contributed by atoms with Gasteiger partial charge in [-0.1, -0.05) is 0 Å². The van der Waals surface area contributed by atoms with Crippen LogP contribution in [-0.4, -0.2) is 31.1 Å². The highest BCUT2D eigenvalue weighted by molar-refractivity contribution is 7.91. The van der Waals surface area contributed by atoms with Crippen molar-refractivity contribution < 1.29 is 13.5 Å². The number of hydrogen-bond acceptors (Lipinski definition) is 4. The minimum atomic E-state index is -2.87. The predicted octanol–water partition coefficient (Wildman–Crippen LogP) is 1.38. The highest BCUT2D eigenvalue weighted by Gasteiger charge is 2.24. The quantitative estimate of drug-likeness (QED) is 0.768. The van der Waals surface area contributed by atoms with E-state index >= 15 is 0 Å². The van der Waals surface area contributed by atoms with Gasteiger partial charge in [0.15, 0.2) is 9.84 Å². The summed E-state index contributed by atoms with van der Waals surface area (Å²) in [7, 11) is -2.87. The van der Waals surface area contributed by atoms with Gasteiger partial charge in [0, 0.05) is 11.7 Å². The fourth-order valence-corrected chi connectivity index (χ4v) is 3.57. The van der Waals surface area contributed by atoms with Crippen molar-refractivity contribution in [1.29, 1.82) is 0 Å². The van der Waals surface area contributed by atoms with E-state index in [1.165, 1.54) is 0 Å². The Kier molecular flexibility index (Phi) is 3.05. The van der Waals surface area contributed by atoms with Crippen molar-refractivity contribution in [3.05, 3.63) is 24.3 Å². The third-order valence-electron chi connectivity index (χ3n) is 2.70. The van der Waals surface area contributed by atoms with Crippen LogP contribution in [0.3, 0.4) is 0 Å². The lowest BCUT2D eigenvalue weighted by atomic mass is 10.1. The zero-order valence-corrected chi connectivity index (χ0v) is 9.70. The molecule has 1 heterocycles. The largest absolute Gasteiger partial charge is 0.508 e. The van der Waals surface area contributed by atoms with Crippen molar-refractivity contribution in [3.8, 4) is 5.75 Å². The fraction of sp³-hybridized carbons (Fsp3) is 0.455. The van der Waals surface area contributed by atoms with Gasteiger partial charge in [-0.05, 0) is 37.1 Å². The summed E-state index contributed by atoms with van der Waals surface area (Å²) >= 11 is 0. The number of phenols is 1. The molecule has 1 saturated heterocycles. The standard InChI is InChI=1S/C11H15NO3S/c13-11-5-3-9(4-6-11)12-10-2-1-7-16(14,15)8-10/h3-6,10,12-13H,1-2,7-8H2. The molecular weight excluding hydrogens is 226 g/mol. The van der Waals surface area contributed by atoms with Gasteiger partial charge in [0.25, 0.3) is 0 Å². The Balaban J connectivity index is 2.02. The monoisotopic (exact) mass is 241 g/mol. The zero-order chi connectivity index (χ0) is 11.6. The molecule has 5 heteroatoms. The second-order valence-electron chi connectivity index (χ2n) is 4.14. The van der Waals surface area contributed by atoms with Gasteiger partial charge in [0.2, 0.25) is 0 Å². The Bertz CT molecular complexity index is 453. The lowest BCUT2D eigenvalue weighted by molar-refractivity contribution is 0.475. The van der Waals surface area contributed by atoms with E-state index in [0.717, 1.165) is 18.5 Å². The smallest absolute Gasteiger partial charge is 0.152 e. The molecule has 1 aliphatic heterocycles. The van der Waals surface area contributed by atoms with E-state index in [0.29, 0.717) is 5.75 Å². The van der Waals surface area contributed by atoms with Crippen molar-refractivity contribution in [2.24, 2.45) is 0 Å². The van der Waals surface area contributed by atoms with E-state index in [2.05, 4.69) is 5.32 Å². The third-order valence-corrected chi connectivity index (χ3v) is 4.52. The molecule has 16 heavy (non-hydrogen) atoms. The van der Waals surface area contributed by atoms with Gasteiger partial charge >= 0.3 is 0 Å². The molecule has 0 amide bonds. The van der Waals surface area contributed by atoms with Crippen molar-refractivity contribution >= 4 is 15.5 Å². The summed E-state index contributed by atoms with van der Waals surface area (Å²) in [5.74, 6) is 0.719. The first-order valence-electron chi connectivity index (χ1n) is 5.31. The predicted molar refractivity (Wildman–Crippen MR) is 63.4 cm³/mol. The summed E-state index contributed by atoms with van der Waals surface area (Å²) in [6.07, 6.45) is 1.60. The maximum absolute atomic E-state index is 11.4. The lowest BCUT2D eigenvalue weighted by Gasteiger charge is -2.23. The third kappa shape index (κ3) is 2.88. The van der Waals surface area contributed by atoms with Crippen LogP contribution in [0.1, 0.15) is 12.8 Å². The molecule has 0 aromatic heterocycles. The maximum Gasteiger partial charge on any atom is 0.152 e. The van der Waals surface area contributed by atoms with Crippen LogP contribution in [0, 0.1) is 0 Å². The first-order chi connectivity index (χ1) is 7.55. The minimum Gasteiger partial charge on any atom is -0.508 e. The van der Waals surface area contributed by atoms with E-state index in [-0.39, 0.29) is 17.5 Å². The molecule has 2 rings (SSSR count). The molecule has 1 aliphatic rings. The van der Waals surface area contributed by atoms with Crippen LogP contribution in [0.5, 0.6) is 5.75 Å². The number of hydrogen-bond donors (Lipinski definition) is 2. The second kappa shape index (κ2) is 4.33. The van der Waals surface area contributed by atoms with Crippen molar-refractivity contribution in [1.82, 2.24) is 0 Å².